The maximum absolute atomic E-state index is 11.4. The number of rotatable bonds is 7. The van der Waals surface area contributed by atoms with Gasteiger partial charge in [-0.25, -0.2) is 4.79 Å². The smallest absolute Gasteiger partial charge is 0.314 e. The summed E-state index contributed by atoms with van der Waals surface area (Å²) in [7, 11) is 0. The van der Waals surface area contributed by atoms with Crippen molar-refractivity contribution in [1.82, 2.24) is 10.6 Å². The molecular formula is C15H24N2O2. The second kappa shape index (κ2) is 8.40. The third-order valence-corrected chi connectivity index (χ3v) is 2.68. The lowest BCUT2D eigenvalue weighted by Crippen LogP contribution is -2.38. The normalized spacial score (nSPS) is 10.3. The molecule has 0 bridgehead atoms. The Hall–Kier alpha value is -1.71. The molecule has 0 aliphatic carbocycles. The number of hydrogen-bond donors (Lipinski definition) is 2. The minimum Gasteiger partial charge on any atom is -0.492 e. The van der Waals surface area contributed by atoms with Crippen LogP contribution in [0.15, 0.2) is 24.3 Å². The quantitative estimate of drug-likeness (QED) is 0.744. The van der Waals surface area contributed by atoms with E-state index in [1.165, 1.54) is 5.56 Å². The molecule has 0 aliphatic rings. The summed E-state index contributed by atoms with van der Waals surface area (Å²) in [6.07, 6.45) is 0.993. The second-order valence-electron chi connectivity index (χ2n) is 5.03. The van der Waals surface area contributed by atoms with Crippen molar-refractivity contribution >= 4 is 6.03 Å². The van der Waals surface area contributed by atoms with Crippen molar-refractivity contribution in [2.24, 2.45) is 5.92 Å². The Bertz CT molecular complexity index is 374. The highest BCUT2D eigenvalue weighted by Crippen LogP contribution is 2.10. The first kappa shape index (κ1) is 15.3. The summed E-state index contributed by atoms with van der Waals surface area (Å²) in [6, 6.07) is 7.73. The first-order valence-corrected chi connectivity index (χ1v) is 6.79. The van der Waals surface area contributed by atoms with E-state index in [0.717, 1.165) is 12.2 Å². The van der Waals surface area contributed by atoms with E-state index >= 15 is 0 Å². The zero-order chi connectivity index (χ0) is 14.1. The first-order chi connectivity index (χ1) is 9.08. The Morgan fingerprint density at radius 3 is 2.42 bits per heavy atom. The van der Waals surface area contributed by atoms with Gasteiger partial charge in [0.1, 0.15) is 12.4 Å². The largest absolute Gasteiger partial charge is 0.492 e. The molecule has 0 radical (unpaired) electrons. The zero-order valence-electron chi connectivity index (χ0n) is 12.0. The molecule has 0 atom stereocenters. The highest BCUT2D eigenvalue weighted by molar-refractivity contribution is 5.73. The molecule has 0 heterocycles. The molecule has 0 spiro atoms. The van der Waals surface area contributed by atoms with Crippen LogP contribution in [0.2, 0.25) is 0 Å². The van der Waals surface area contributed by atoms with Crippen LogP contribution in [-0.4, -0.2) is 25.7 Å². The fourth-order valence-corrected chi connectivity index (χ4v) is 1.50. The van der Waals surface area contributed by atoms with Gasteiger partial charge in [0.25, 0.3) is 0 Å². The molecule has 19 heavy (non-hydrogen) atoms. The van der Waals surface area contributed by atoms with Crippen LogP contribution < -0.4 is 15.4 Å². The Morgan fingerprint density at radius 1 is 1.16 bits per heavy atom. The summed E-state index contributed by atoms with van der Waals surface area (Å²) in [4.78, 5) is 11.4. The number of nitrogens with one attached hydrogen (secondary N) is 2. The van der Waals surface area contributed by atoms with Gasteiger partial charge < -0.3 is 15.4 Å². The number of carbonyl (C=O) groups is 1. The third-order valence-electron chi connectivity index (χ3n) is 2.68. The van der Waals surface area contributed by atoms with Crippen LogP contribution in [0.3, 0.4) is 0 Å². The van der Waals surface area contributed by atoms with E-state index in [9.17, 15) is 4.79 Å². The van der Waals surface area contributed by atoms with Crippen molar-refractivity contribution in [1.29, 1.82) is 0 Å². The van der Waals surface area contributed by atoms with E-state index in [1.54, 1.807) is 0 Å². The van der Waals surface area contributed by atoms with Crippen LogP contribution in [0.4, 0.5) is 4.79 Å². The van der Waals surface area contributed by atoms with Crippen LogP contribution in [0, 0.1) is 12.8 Å². The molecule has 0 saturated heterocycles. The van der Waals surface area contributed by atoms with Gasteiger partial charge in [-0.15, -0.1) is 0 Å². The molecule has 2 N–H and O–H groups in total. The Labute approximate surface area is 115 Å². The van der Waals surface area contributed by atoms with E-state index in [1.807, 2.05) is 31.2 Å². The fourth-order valence-electron chi connectivity index (χ4n) is 1.50. The van der Waals surface area contributed by atoms with Crippen LogP contribution in [0.5, 0.6) is 5.75 Å². The van der Waals surface area contributed by atoms with Crippen molar-refractivity contribution in [3.63, 3.8) is 0 Å². The maximum Gasteiger partial charge on any atom is 0.314 e. The van der Waals surface area contributed by atoms with Gasteiger partial charge in [0.05, 0.1) is 6.54 Å². The standard InChI is InChI=1S/C15H24N2O2/c1-12(2)8-9-16-15(18)17-10-11-19-14-6-4-13(3)5-7-14/h4-7,12H,8-11H2,1-3H3,(H2,16,17,18). The number of hydrogen-bond acceptors (Lipinski definition) is 2. The molecule has 2 amide bonds. The zero-order valence-corrected chi connectivity index (χ0v) is 12.0. The highest BCUT2D eigenvalue weighted by Gasteiger charge is 2.00. The van der Waals surface area contributed by atoms with Crippen LogP contribution in [-0.2, 0) is 0 Å². The molecule has 0 aromatic heterocycles. The number of aryl methyl sites for hydroxylation is 1. The van der Waals surface area contributed by atoms with Gasteiger partial charge in [-0.05, 0) is 31.4 Å². The van der Waals surface area contributed by atoms with Crippen molar-refractivity contribution in [3.8, 4) is 5.75 Å². The summed E-state index contributed by atoms with van der Waals surface area (Å²) in [5.41, 5.74) is 1.20. The Morgan fingerprint density at radius 2 is 1.79 bits per heavy atom. The molecule has 106 valence electrons. The van der Waals surface area contributed by atoms with E-state index in [4.69, 9.17) is 4.74 Å². The number of urea groups is 1. The predicted octanol–water partition coefficient (Wildman–Crippen LogP) is 2.72. The lowest BCUT2D eigenvalue weighted by atomic mass is 10.1. The van der Waals surface area contributed by atoms with Gasteiger partial charge >= 0.3 is 6.03 Å². The van der Waals surface area contributed by atoms with Crippen molar-refractivity contribution in [2.75, 3.05) is 19.7 Å². The van der Waals surface area contributed by atoms with E-state index in [-0.39, 0.29) is 6.03 Å². The fraction of sp³-hybridized carbons (Fsp3) is 0.533. The lowest BCUT2D eigenvalue weighted by Gasteiger charge is -2.10. The SMILES string of the molecule is Cc1ccc(OCCNC(=O)NCCC(C)C)cc1. The van der Waals surface area contributed by atoms with Gasteiger partial charge in [-0.2, -0.15) is 0 Å². The minimum absolute atomic E-state index is 0.131. The molecule has 0 fully saturated rings. The van der Waals surface area contributed by atoms with Crippen molar-refractivity contribution in [2.45, 2.75) is 27.2 Å². The first-order valence-electron chi connectivity index (χ1n) is 6.79. The van der Waals surface area contributed by atoms with Gasteiger partial charge in [-0.1, -0.05) is 31.5 Å². The summed E-state index contributed by atoms with van der Waals surface area (Å²) in [5.74, 6) is 1.43. The van der Waals surface area contributed by atoms with E-state index in [2.05, 4.69) is 24.5 Å². The lowest BCUT2D eigenvalue weighted by molar-refractivity contribution is 0.236. The topological polar surface area (TPSA) is 50.4 Å². The molecule has 1 aromatic carbocycles. The maximum atomic E-state index is 11.4. The molecule has 4 nitrogen and oxygen atoms in total. The Balaban J connectivity index is 2.07. The van der Waals surface area contributed by atoms with E-state index in [0.29, 0.717) is 25.6 Å². The number of carbonyl (C=O) groups excluding carboxylic acids is 1. The minimum atomic E-state index is -0.131. The van der Waals surface area contributed by atoms with Crippen molar-refractivity contribution in [3.05, 3.63) is 29.8 Å². The number of benzene rings is 1. The van der Waals surface area contributed by atoms with Crippen LogP contribution in [0.25, 0.3) is 0 Å². The van der Waals surface area contributed by atoms with E-state index < -0.39 is 0 Å². The third kappa shape index (κ3) is 7.34. The molecule has 0 aliphatic heterocycles. The molecule has 4 heteroatoms. The molecule has 0 unspecified atom stereocenters. The summed E-state index contributed by atoms with van der Waals surface area (Å²) in [6.45, 7) is 7.99. The van der Waals surface area contributed by atoms with Gasteiger partial charge in [-0.3, -0.25) is 0 Å². The summed E-state index contributed by atoms with van der Waals surface area (Å²) < 4.78 is 5.51. The van der Waals surface area contributed by atoms with Crippen LogP contribution >= 0.6 is 0 Å². The number of amides is 2. The summed E-state index contributed by atoms with van der Waals surface area (Å²) in [5, 5.41) is 5.58. The predicted molar refractivity (Wildman–Crippen MR) is 77.5 cm³/mol. The Kier molecular flexibility index (Phi) is 6.79. The second-order valence-corrected chi connectivity index (χ2v) is 5.03. The molecule has 1 aromatic rings. The monoisotopic (exact) mass is 264 g/mol. The summed E-state index contributed by atoms with van der Waals surface area (Å²) >= 11 is 0. The van der Waals surface area contributed by atoms with Gasteiger partial charge in [0, 0.05) is 6.54 Å². The number of ether oxygens (including phenoxy) is 1. The van der Waals surface area contributed by atoms with Gasteiger partial charge in [0.15, 0.2) is 0 Å². The molecular weight excluding hydrogens is 240 g/mol. The average Bonchev–Trinajstić information content (AvgIpc) is 2.36. The average molecular weight is 264 g/mol. The van der Waals surface area contributed by atoms with Gasteiger partial charge in [0.2, 0.25) is 0 Å². The van der Waals surface area contributed by atoms with Crippen molar-refractivity contribution < 1.29 is 9.53 Å². The molecule has 1 rings (SSSR count). The molecule has 0 saturated carbocycles. The highest BCUT2D eigenvalue weighted by atomic mass is 16.5. The van der Waals surface area contributed by atoms with Crippen LogP contribution in [0.1, 0.15) is 25.8 Å².